The molecule has 0 N–H and O–H groups in total. The monoisotopic (exact) mass is 156 g/mol. The van der Waals surface area contributed by atoms with Crippen LogP contribution in [0, 0.1) is 0 Å². The molecule has 0 saturated heterocycles. The number of nitrogens with zero attached hydrogens (tertiary/aromatic N) is 2. The average Bonchev–Trinajstić information content (AvgIpc) is 2.06. The SMILES string of the molecule is C1=C/C=c2/cnnc/c2=C/C=C1. The van der Waals surface area contributed by atoms with Crippen LogP contribution >= 0.6 is 0 Å². The van der Waals surface area contributed by atoms with Crippen LogP contribution in [-0.2, 0) is 0 Å². The first-order valence-electron chi connectivity index (χ1n) is 3.79. The van der Waals surface area contributed by atoms with Crippen LogP contribution in [0.4, 0.5) is 0 Å². The molecule has 0 aliphatic heterocycles. The molecule has 0 amide bonds. The minimum Gasteiger partial charge on any atom is -0.158 e. The van der Waals surface area contributed by atoms with Gasteiger partial charge in [0.15, 0.2) is 0 Å². The molecule has 58 valence electrons. The molecule has 2 rings (SSSR count). The maximum Gasteiger partial charge on any atom is 0.0574 e. The van der Waals surface area contributed by atoms with Gasteiger partial charge in [0.05, 0.1) is 12.4 Å². The fourth-order valence-corrected chi connectivity index (χ4v) is 1.07. The first-order chi connectivity index (χ1) is 5.97. The topological polar surface area (TPSA) is 25.8 Å². The van der Waals surface area contributed by atoms with Gasteiger partial charge in [-0.25, -0.2) is 0 Å². The molecule has 1 aliphatic rings. The first kappa shape index (κ1) is 6.98. The second kappa shape index (κ2) is 3.13. The molecule has 0 bridgehead atoms. The number of aromatic nitrogens is 2. The van der Waals surface area contributed by atoms with Crippen LogP contribution in [0.15, 0.2) is 36.7 Å². The Morgan fingerprint density at radius 1 is 0.667 bits per heavy atom. The van der Waals surface area contributed by atoms with E-state index < -0.39 is 0 Å². The maximum absolute atomic E-state index is 3.81. The Kier molecular flexibility index (Phi) is 1.82. The van der Waals surface area contributed by atoms with Crippen LogP contribution in [0.3, 0.4) is 0 Å². The molecule has 0 radical (unpaired) electrons. The second-order valence-electron chi connectivity index (χ2n) is 2.50. The minimum atomic E-state index is 1.10. The van der Waals surface area contributed by atoms with Crippen molar-refractivity contribution in [2.24, 2.45) is 0 Å². The van der Waals surface area contributed by atoms with Gasteiger partial charge in [-0.15, -0.1) is 0 Å². The van der Waals surface area contributed by atoms with Gasteiger partial charge >= 0.3 is 0 Å². The van der Waals surface area contributed by atoms with Crippen LogP contribution in [0.25, 0.3) is 12.2 Å². The minimum absolute atomic E-state index is 1.10. The van der Waals surface area contributed by atoms with E-state index >= 15 is 0 Å². The third-order valence-electron chi connectivity index (χ3n) is 1.68. The van der Waals surface area contributed by atoms with Gasteiger partial charge in [-0.1, -0.05) is 36.5 Å². The van der Waals surface area contributed by atoms with Crippen molar-refractivity contribution in [3.63, 3.8) is 0 Å². The van der Waals surface area contributed by atoms with E-state index in [4.69, 9.17) is 0 Å². The maximum atomic E-state index is 3.81. The molecule has 1 aliphatic carbocycles. The lowest BCUT2D eigenvalue weighted by Gasteiger charge is -1.87. The zero-order valence-electron chi connectivity index (χ0n) is 6.51. The molecule has 0 fully saturated rings. The molecule has 1 aromatic heterocycles. The summed E-state index contributed by atoms with van der Waals surface area (Å²) in [6.07, 6.45) is 15.5. The highest BCUT2D eigenvalue weighted by Gasteiger charge is 1.83. The van der Waals surface area contributed by atoms with Gasteiger partial charge in [-0.3, -0.25) is 0 Å². The molecule has 12 heavy (non-hydrogen) atoms. The van der Waals surface area contributed by atoms with Gasteiger partial charge < -0.3 is 0 Å². The lowest BCUT2D eigenvalue weighted by atomic mass is 10.2. The van der Waals surface area contributed by atoms with Gasteiger partial charge in [0, 0.05) is 10.4 Å². The molecule has 2 heteroatoms. The molecule has 2 nitrogen and oxygen atoms in total. The predicted octanol–water partition coefficient (Wildman–Crippen LogP) is 0.164. The van der Waals surface area contributed by atoms with E-state index in [1.807, 2.05) is 36.5 Å². The summed E-state index contributed by atoms with van der Waals surface area (Å²) in [5, 5.41) is 9.83. The van der Waals surface area contributed by atoms with E-state index in [2.05, 4.69) is 10.2 Å². The average molecular weight is 156 g/mol. The summed E-state index contributed by atoms with van der Waals surface area (Å²) in [5.74, 6) is 0. The van der Waals surface area contributed by atoms with Crippen molar-refractivity contribution < 1.29 is 0 Å². The van der Waals surface area contributed by atoms with E-state index in [-0.39, 0.29) is 0 Å². The smallest absolute Gasteiger partial charge is 0.0574 e. The van der Waals surface area contributed by atoms with Crippen LogP contribution in [0.2, 0.25) is 0 Å². The number of hydrogen-bond acceptors (Lipinski definition) is 2. The third kappa shape index (κ3) is 1.32. The molecule has 1 heterocycles. The standard InChI is InChI=1S/C10H8N2/c1-2-4-6-10-8-12-11-7-9(10)5-3-1/h1-8H/b2-1?,3-1?,4-2?,5-3?,6-4?,9-5-,10-6-. The Morgan fingerprint density at radius 3 is 1.67 bits per heavy atom. The van der Waals surface area contributed by atoms with Gasteiger partial charge in [0.2, 0.25) is 0 Å². The summed E-state index contributed by atoms with van der Waals surface area (Å²) in [5.41, 5.74) is 0. The highest BCUT2D eigenvalue weighted by Crippen LogP contribution is 1.81. The number of fused-ring (bicyclic) bond motifs is 1. The predicted molar refractivity (Wildman–Crippen MR) is 48.5 cm³/mol. The Labute approximate surface area is 70.3 Å². The van der Waals surface area contributed by atoms with Crippen LogP contribution in [0.1, 0.15) is 0 Å². The van der Waals surface area contributed by atoms with Crippen molar-refractivity contribution in [1.82, 2.24) is 10.2 Å². The summed E-state index contributed by atoms with van der Waals surface area (Å²) >= 11 is 0. The first-order valence-corrected chi connectivity index (χ1v) is 3.79. The van der Waals surface area contributed by atoms with Gasteiger partial charge in [-0.2, -0.15) is 10.2 Å². The van der Waals surface area contributed by atoms with Gasteiger partial charge in [0.1, 0.15) is 0 Å². The van der Waals surface area contributed by atoms with E-state index in [0.717, 1.165) is 10.4 Å². The van der Waals surface area contributed by atoms with Crippen molar-refractivity contribution in [1.29, 1.82) is 0 Å². The van der Waals surface area contributed by atoms with E-state index in [9.17, 15) is 0 Å². The Hall–Kier alpha value is -1.70. The Morgan fingerprint density at radius 2 is 1.17 bits per heavy atom. The van der Waals surface area contributed by atoms with Crippen molar-refractivity contribution in [2.45, 2.75) is 0 Å². The highest BCUT2D eigenvalue weighted by molar-refractivity contribution is 5.46. The van der Waals surface area contributed by atoms with Crippen LogP contribution < -0.4 is 10.4 Å². The zero-order chi connectivity index (χ0) is 8.23. The Bertz CT molecular complexity index is 398. The molecule has 0 unspecified atom stereocenters. The van der Waals surface area contributed by atoms with Crippen LogP contribution in [-0.4, -0.2) is 10.2 Å². The number of rotatable bonds is 0. The quantitative estimate of drug-likeness (QED) is 0.535. The lowest BCUT2D eigenvalue weighted by Crippen LogP contribution is -2.25. The zero-order valence-corrected chi connectivity index (χ0v) is 6.51. The van der Waals surface area contributed by atoms with Crippen molar-refractivity contribution in [3.8, 4) is 0 Å². The van der Waals surface area contributed by atoms with Gasteiger partial charge in [-0.05, 0) is 0 Å². The lowest BCUT2D eigenvalue weighted by molar-refractivity contribution is 1.01. The van der Waals surface area contributed by atoms with Crippen molar-refractivity contribution in [2.75, 3.05) is 0 Å². The summed E-state index contributed by atoms with van der Waals surface area (Å²) in [4.78, 5) is 0. The van der Waals surface area contributed by atoms with E-state index in [1.54, 1.807) is 12.4 Å². The fraction of sp³-hybridized carbons (Fsp3) is 0. The van der Waals surface area contributed by atoms with Crippen molar-refractivity contribution >= 4 is 12.2 Å². The second-order valence-corrected chi connectivity index (χ2v) is 2.50. The largest absolute Gasteiger partial charge is 0.158 e. The number of allylic oxidation sites excluding steroid dienone is 4. The molecular formula is C10H8N2. The third-order valence-corrected chi connectivity index (χ3v) is 1.68. The van der Waals surface area contributed by atoms with Gasteiger partial charge in [0.25, 0.3) is 0 Å². The Balaban J connectivity index is 2.80. The summed E-state index contributed by atoms with van der Waals surface area (Å²) < 4.78 is 0. The normalized spacial score (nSPS) is 19.3. The molecular weight excluding hydrogens is 148 g/mol. The highest BCUT2D eigenvalue weighted by atomic mass is 15.1. The summed E-state index contributed by atoms with van der Waals surface area (Å²) in [6.45, 7) is 0. The fourth-order valence-electron chi connectivity index (χ4n) is 1.07. The van der Waals surface area contributed by atoms with E-state index in [1.165, 1.54) is 0 Å². The molecule has 0 saturated carbocycles. The molecule has 1 aromatic rings. The van der Waals surface area contributed by atoms with Crippen LogP contribution in [0.5, 0.6) is 0 Å². The summed E-state index contributed by atoms with van der Waals surface area (Å²) in [7, 11) is 0. The number of hydrogen-bond donors (Lipinski definition) is 0. The molecule has 0 atom stereocenters. The molecule has 0 spiro atoms. The van der Waals surface area contributed by atoms with Crippen molar-refractivity contribution in [3.05, 3.63) is 47.1 Å². The molecule has 0 aromatic carbocycles. The summed E-state index contributed by atoms with van der Waals surface area (Å²) in [6, 6.07) is 0. The van der Waals surface area contributed by atoms with E-state index in [0.29, 0.717) is 0 Å².